The van der Waals surface area contributed by atoms with Crippen molar-refractivity contribution in [2.45, 2.75) is 45.2 Å². The number of likely N-dealkylation sites (tertiary alicyclic amines) is 1. The van der Waals surface area contributed by atoms with Crippen molar-refractivity contribution in [1.82, 2.24) is 9.88 Å². The molecule has 1 fully saturated rings. The van der Waals surface area contributed by atoms with Gasteiger partial charge in [-0.15, -0.1) is 0 Å². The van der Waals surface area contributed by atoms with Crippen molar-refractivity contribution < 1.29 is 4.79 Å². The Morgan fingerprint density at radius 2 is 2.06 bits per heavy atom. The van der Waals surface area contributed by atoms with E-state index in [2.05, 4.69) is 24.1 Å². The highest BCUT2D eigenvalue weighted by molar-refractivity contribution is 7.18. The van der Waals surface area contributed by atoms with E-state index in [4.69, 9.17) is 5.73 Å². The normalized spacial score (nSPS) is 24.1. The molecule has 0 aliphatic carbocycles. The largest absolute Gasteiger partial charge is 0.382 e. The first-order valence-electron chi connectivity index (χ1n) is 6.31. The van der Waals surface area contributed by atoms with Crippen LogP contribution in [0.4, 0.5) is 10.9 Å². The first-order chi connectivity index (χ1) is 8.54. The lowest BCUT2D eigenvalue weighted by atomic mass is 9.97. The summed E-state index contributed by atoms with van der Waals surface area (Å²) < 4.78 is 0. The van der Waals surface area contributed by atoms with Gasteiger partial charge in [-0.3, -0.25) is 4.79 Å². The van der Waals surface area contributed by atoms with Crippen molar-refractivity contribution in [2.24, 2.45) is 0 Å². The number of nitrogens with zero attached hydrogens (tertiary/aromatic N) is 2. The van der Waals surface area contributed by atoms with E-state index in [1.807, 2.05) is 4.90 Å². The van der Waals surface area contributed by atoms with Crippen molar-refractivity contribution in [3.63, 3.8) is 0 Å². The molecule has 2 unspecified atom stereocenters. The number of anilines is 2. The van der Waals surface area contributed by atoms with E-state index < -0.39 is 0 Å². The van der Waals surface area contributed by atoms with Gasteiger partial charge in [-0.05, 0) is 33.1 Å². The van der Waals surface area contributed by atoms with Crippen LogP contribution in [0.1, 0.15) is 42.8 Å². The van der Waals surface area contributed by atoms with Crippen LogP contribution in [-0.4, -0.2) is 34.9 Å². The van der Waals surface area contributed by atoms with Gasteiger partial charge in [0.15, 0.2) is 5.13 Å². The number of carbonyl (C=O) groups excluding carboxylic acids is 1. The van der Waals surface area contributed by atoms with Crippen molar-refractivity contribution in [3.8, 4) is 0 Å². The van der Waals surface area contributed by atoms with Crippen molar-refractivity contribution in [2.75, 3.05) is 18.1 Å². The van der Waals surface area contributed by atoms with Gasteiger partial charge in [0, 0.05) is 19.1 Å². The molecule has 0 saturated carbocycles. The van der Waals surface area contributed by atoms with Gasteiger partial charge in [-0.25, -0.2) is 4.98 Å². The summed E-state index contributed by atoms with van der Waals surface area (Å²) in [5.41, 5.74) is 5.83. The fourth-order valence-corrected chi connectivity index (χ4v) is 3.31. The van der Waals surface area contributed by atoms with Crippen LogP contribution in [0, 0.1) is 0 Å². The number of aromatic nitrogens is 1. The summed E-state index contributed by atoms with van der Waals surface area (Å²) in [5.74, 6) is 0.352. The Morgan fingerprint density at radius 3 is 2.56 bits per heavy atom. The summed E-state index contributed by atoms with van der Waals surface area (Å²) in [7, 11) is 1.78. The zero-order valence-electron chi connectivity index (χ0n) is 11.1. The van der Waals surface area contributed by atoms with Crippen LogP contribution in [0.15, 0.2) is 0 Å². The molecular formula is C12H20N4OS. The minimum Gasteiger partial charge on any atom is -0.382 e. The lowest BCUT2D eigenvalue weighted by Crippen LogP contribution is -2.47. The number of nitrogen functional groups attached to an aromatic ring is 1. The third-order valence-corrected chi connectivity index (χ3v) is 4.57. The summed E-state index contributed by atoms with van der Waals surface area (Å²) in [6.07, 6.45) is 3.31. The van der Waals surface area contributed by atoms with E-state index in [9.17, 15) is 4.79 Å². The monoisotopic (exact) mass is 268 g/mol. The number of carbonyl (C=O) groups is 1. The second kappa shape index (κ2) is 5.14. The van der Waals surface area contributed by atoms with Crippen LogP contribution < -0.4 is 11.1 Å². The third-order valence-electron chi connectivity index (χ3n) is 3.49. The highest BCUT2D eigenvalue weighted by atomic mass is 32.1. The second-order valence-electron chi connectivity index (χ2n) is 4.82. The molecule has 1 aliphatic heterocycles. The summed E-state index contributed by atoms with van der Waals surface area (Å²) in [6, 6.07) is 0.557. The molecule has 18 heavy (non-hydrogen) atoms. The Morgan fingerprint density at radius 1 is 1.44 bits per heavy atom. The summed E-state index contributed by atoms with van der Waals surface area (Å²) in [4.78, 5) is 19.2. The fraction of sp³-hybridized carbons (Fsp3) is 0.667. The third kappa shape index (κ3) is 2.29. The first-order valence-corrected chi connectivity index (χ1v) is 7.13. The fourth-order valence-electron chi connectivity index (χ4n) is 2.53. The highest BCUT2D eigenvalue weighted by Crippen LogP contribution is 2.30. The Kier molecular flexibility index (Phi) is 3.75. The molecule has 0 aromatic carbocycles. The number of rotatable bonds is 2. The molecule has 1 saturated heterocycles. The molecule has 6 heteroatoms. The molecule has 0 bridgehead atoms. The number of thiazole rings is 1. The molecule has 0 radical (unpaired) electrons. The number of nitrogens with one attached hydrogen (secondary N) is 1. The number of hydrogen-bond acceptors (Lipinski definition) is 5. The Balaban J connectivity index is 2.26. The van der Waals surface area contributed by atoms with E-state index in [1.54, 1.807) is 7.05 Å². The first kappa shape index (κ1) is 13.1. The van der Waals surface area contributed by atoms with Gasteiger partial charge in [-0.2, -0.15) is 0 Å². The van der Waals surface area contributed by atoms with E-state index in [-0.39, 0.29) is 18.0 Å². The number of nitrogens with two attached hydrogens (primary N) is 1. The molecule has 1 aromatic heterocycles. The van der Waals surface area contributed by atoms with Crippen LogP contribution in [0.3, 0.4) is 0 Å². The quantitative estimate of drug-likeness (QED) is 0.862. The van der Waals surface area contributed by atoms with E-state index in [0.29, 0.717) is 15.8 Å². The Labute approximate surface area is 111 Å². The van der Waals surface area contributed by atoms with Gasteiger partial charge < -0.3 is 16.0 Å². The predicted molar refractivity (Wildman–Crippen MR) is 75.0 cm³/mol. The number of hydrogen-bond donors (Lipinski definition) is 2. The van der Waals surface area contributed by atoms with Gasteiger partial charge in [0.2, 0.25) is 0 Å². The molecule has 5 nitrogen and oxygen atoms in total. The topological polar surface area (TPSA) is 71.2 Å². The maximum atomic E-state index is 12.6. The lowest BCUT2D eigenvalue weighted by Gasteiger charge is -2.38. The molecule has 1 amide bonds. The molecule has 100 valence electrons. The average molecular weight is 268 g/mol. The molecule has 3 N–H and O–H groups in total. The zero-order valence-corrected chi connectivity index (χ0v) is 11.9. The van der Waals surface area contributed by atoms with E-state index in [1.165, 1.54) is 17.8 Å². The van der Waals surface area contributed by atoms with Gasteiger partial charge >= 0.3 is 0 Å². The molecule has 1 aliphatic rings. The van der Waals surface area contributed by atoms with E-state index in [0.717, 1.165) is 12.8 Å². The Bertz CT molecular complexity index is 435. The highest BCUT2D eigenvalue weighted by Gasteiger charge is 2.31. The van der Waals surface area contributed by atoms with E-state index >= 15 is 0 Å². The number of piperidine rings is 1. The van der Waals surface area contributed by atoms with Gasteiger partial charge in [-0.1, -0.05) is 11.3 Å². The Hall–Kier alpha value is -1.30. The van der Waals surface area contributed by atoms with Crippen molar-refractivity contribution in [1.29, 1.82) is 0 Å². The predicted octanol–water partition coefficient (Wildman–Crippen LogP) is 2.17. The van der Waals surface area contributed by atoms with Gasteiger partial charge in [0.25, 0.3) is 5.91 Å². The summed E-state index contributed by atoms with van der Waals surface area (Å²) in [6.45, 7) is 4.20. The molecule has 2 rings (SSSR count). The van der Waals surface area contributed by atoms with Crippen LogP contribution >= 0.6 is 11.3 Å². The van der Waals surface area contributed by atoms with Crippen molar-refractivity contribution in [3.05, 3.63) is 4.88 Å². The SMILES string of the molecule is CNc1nc(N)c(C(=O)N2C(C)CCCC2C)s1. The van der Waals surface area contributed by atoms with Crippen molar-refractivity contribution >= 4 is 28.2 Å². The van der Waals surface area contributed by atoms with Crippen LogP contribution in [0.25, 0.3) is 0 Å². The average Bonchev–Trinajstić information content (AvgIpc) is 2.70. The standard InChI is InChI=1S/C12H20N4OS/c1-7-5-4-6-8(2)16(7)11(17)9-10(13)15-12(14-3)18-9/h7-8H,4-6,13H2,1-3H3,(H,14,15). The molecular weight excluding hydrogens is 248 g/mol. The lowest BCUT2D eigenvalue weighted by molar-refractivity contribution is 0.0516. The smallest absolute Gasteiger partial charge is 0.268 e. The van der Waals surface area contributed by atoms with Crippen LogP contribution in [0.5, 0.6) is 0 Å². The maximum absolute atomic E-state index is 12.6. The maximum Gasteiger partial charge on any atom is 0.268 e. The summed E-state index contributed by atoms with van der Waals surface area (Å²) in [5, 5.41) is 3.61. The zero-order chi connectivity index (χ0) is 13.3. The minimum absolute atomic E-state index is 0.0196. The van der Waals surface area contributed by atoms with Crippen LogP contribution in [0.2, 0.25) is 0 Å². The van der Waals surface area contributed by atoms with Gasteiger partial charge in [0.05, 0.1) is 0 Å². The summed E-state index contributed by atoms with van der Waals surface area (Å²) >= 11 is 1.33. The molecule has 1 aromatic rings. The molecule has 0 spiro atoms. The minimum atomic E-state index is 0.0196. The molecule has 2 heterocycles. The van der Waals surface area contributed by atoms with Gasteiger partial charge in [0.1, 0.15) is 10.7 Å². The number of amides is 1. The second-order valence-corrected chi connectivity index (χ2v) is 5.82. The van der Waals surface area contributed by atoms with Crippen LogP contribution in [-0.2, 0) is 0 Å². The molecule has 2 atom stereocenters.